The van der Waals surface area contributed by atoms with Crippen molar-refractivity contribution in [3.05, 3.63) is 57.3 Å². The summed E-state index contributed by atoms with van der Waals surface area (Å²) in [6, 6.07) is 10.0. The predicted octanol–water partition coefficient (Wildman–Crippen LogP) is 6.68. The Balaban J connectivity index is 1.36. The van der Waals surface area contributed by atoms with Crippen molar-refractivity contribution in [2.45, 2.75) is 50.4 Å². The maximum atomic E-state index is 14.1. The van der Waals surface area contributed by atoms with Crippen LogP contribution in [0.5, 0.6) is 5.75 Å². The highest BCUT2D eigenvalue weighted by atomic mass is 35.5. The number of carbonyl (C=O) groups is 1. The fraction of sp³-hybridized carbons (Fsp3) is 0.458. The quantitative estimate of drug-likeness (QED) is 0.240. The van der Waals surface area contributed by atoms with Crippen LogP contribution in [-0.2, 0) is 6.61 Å². The molecule has 1 aromatic carbocycles. The average molecular weight is 506 g/mol. The van der Waals surface area contributed by atoms with Gasteiger partial charge in [0.1, 0.15) is 6.61 Å². The third-order valence-electron chi connectivity index (χ3n) is 6.93. The number of hydrogen-bond donors (Lipinski definition) is 0. The van der Waals surface area contributed by atoms with Gasteiger partial charge in [-0.2, -0.15) is 0 Å². The number of hydrogen-bond acceptors (Lipinski definition) is 6. The second-order valence-corrected chi connectivity index (χ2v) is 11.5. The Morgan fingerprint density at radius 3 is 2.82 bits per heavy atom. The molecule has 2 fully saturated rings. The fourth-order valence-corrected chi connectivity index (χ4v) is 7.36. The van der Waals surface area contributed by atoms with E-state index in [9.17, 15) is 9.18 Å². The molecule has 5 nitrogen and oxygen atoms in total. The molecule has 0 amide bonds. The van der Waals surface area contributed by atoms with E-state index in [4.69, 9.17) is 16.3 Å². The van der Waals surface area contributed by atoms with Crippen molar-refractivity contribution in [1.29, 1.82) is 0 Å². The van der Waals surface area contributed by atoms with Gasteiger partial charge in [0.15, 0.2) is 28.3 Å². The molecule has 5 rings (SSSR count). The lowest BCUT2D eigenvalue weighted by atomic mass is 9.84. The first kappa shape index (κ1) is 22.9. The lowest BCUT2D eigenvalue weighted by molar-refractivity contribution is 0.102. The zero-order chi connectivity index (χ0) is 22.9. The fourth-order valence-electron chi connectivity index (χ4n) is 5.36. The summed E-state index contributed by atoms with van der Waals surface area (Å²) in [5.74, 6) is 2.81. The Hall–Kier alpha value is -1.90. The Kier molecular flexibility index (Phi) is 6.77. The molecule has 0 unspecified atom stereocenters. The summed E-state index contributed by atoms with van der Waals surface area (Å²) in [5.41, 5.74) is 0. The van der Waals surface area contributed by atoms with Crippen LogP contribution in [-0.4, -0.2) is 26.3 Å². The van der Waals surface area contributed by atoms with Crippen LogP contribution in [0.2, 0.25) is 4.34 Å². The van der Waals surface area contributed by atoms with E-state index in [-0.39, 0.29) is 29.9 Å². The summed E-state index contributed by atoms with van der Waals surface area (Å²) >= 11 is 8.66. The van der Waals surface area contributed by atoms with Gasteiger partial charge in [0.2, 0.25) is 0 Å². The minimum Gasteiger partial charge on any atom is -0.483 e. The molecular weight excluding hydrogens is 481 g/mol. The second kappa shape index (κ2) is 9.76. The summed E-state index contributed by atoms with van der Waals surface area (Å²) in [7, 11) is 0. The largest absolute Gasteiger partial charge is 0.483 e. The molecule has 2 aromatic heterocycles. The van der Waals surface area contributed by atoms with Crippen molar-refractivity contribution < 1.29 is 13.9 Å². The van der Waals surface area contributed by atoms with Gasteiger partial charge in [-0.1, -0.05) is 41.9 Å². The zero-order valence-corrected chi connectivity index (χ0v) is 20.6. The van der Waals surface area contributed by atoms with E-state index in [1.165, 1.54) is 54.8 Å². The molecule has 2 aliphatic carbocycles. The monoisotopic (exact) mass is 505 g/mol. The molecule has 0 N–H and O–H groups in total. The van der Waals surface area contributed by atoms with Crippen molar-refractivity contribution >= 4 is 40.5 Å². The van der Waals surface area contributed by atoms with Crippen LogP contribution in [0.1, 0.15) is 54.1 Å². The van der Waals surface area contributed by atoms with E-state index in [0.29, 0.717) is 26.1 Å². The van der Waals surface area contributed by atoms with E-state index < -0.39 is 5.82 Å². The number of ketones is 1. The summed E-state index contributed by atoms with van der Waals surface area (Å²) in [6.45, 7) is 2.33. The van der Waals surface area contributed by atoms with Crippen molar-refractivity contribution in [3.63, 3.8) is 0 Å². The molecule has 0 spiro atoms. The van der Waals surface area contributed by atoms with E-state index in [1.807, 2.05) is 0 Å². The molecular formula is C24H25ClFN3O2S2. The third-order valence-corrected chi connectivity index (χ3v) is 9.14. The zero-order valence-electron chi connectivity index (χ0n) is 18.2. The number of thiophene rings is 1. The van der Waals surface area contributed by atoms with Crippen molar-refractivity contribution in [3.8, 4) is 5.75 Å². The maximum absolute atomic E-state index is 14.1. The molecule has 4 atom stereocenters. The second-order valence-electron chi connectivity index (χ2n) is 8.88. The highest BCUT2D eigenvalue weighted by Gasteiger charge is 2.43. The highest BCUT2D eigenvalue weighted by Crippen LogP contribution is 2.52. The number of rotatable bonds is 9. The molecule has 2 heterocycles. The van der Waals surface area contributed by atoms with Gasteiger partial charge >= 0.3 is 0 Å². The maximum Gasteiger partial charge on any atom is 0.192 e. The number of Topliss-reactive ketones (excluding diaryl/α,β-unsaturated/α-hetero) is 1. The Bertz CT molecular complexity index is 1150. The number of carbonyl (C=O) groups excluding carboxylic acids is 1. The molecule has 2 aliphatic rings. The molecule has 9 heteroatoms. The Morgan fingerprint density at radius 2 is 2.12 bits per heavy atom. The SMILES string of the molecule is C[C@@H]([C@@H]1C[C@@H]2CC[C@@H]1C2)n1c(COc2ccccc2F)nnc1SCC(=O)c1ccc(Cl)s1. The normalized spacial score (nSPS) is 22.6. The summed E-state index contributed by atoms with van der Waals surface area (Å²) in [6.07, 6.45) is 5.13. The van der Waals surface area contributed by atoms with Gasteiger partial charge < -0.3 is 4.74 Å². The van der Waals surface area contributed by atoms with Gasteiger partial charge in [-0.05, 0) is 68.2 Å². The van der Waals surface area contributed by atoms with E-state index >= 15 is 0 Å². The lowest BCUT2D eigenvalue weighted by Gasteiger charge is -2.30. The van der Waals surface area contributed by atoms with Crippen molar-refractivity contribution in [1.82, 2.24) is 14.8 Å². The molecule has 2 saturated carbocycles. The van der Waals surface area contributed by atoms with Gasteiger partial charge in [0, 0.05) is 6.04 Å². The van der Waals surface area contributed by atoms with Crippen molar-refractivity contribution in [2.24, 2.45) is 17.8 Å². The van der Waals surface area contributed by atoms with Gasteiger partial charge in [0.05, 0.1) is 15.0 Å². The lowest BCUT2D eigenvalue weighted by Crippen LogP contribution is -2.24. The number of benzene rings is 1. The highest BCUT2D eigenvalue weighted by molar-refractivity contribution is 7.99. The third kappa shape index (κ3) is 4.84. The number of para-hydroxylation sites is 1. The standard InChI is InChI=1S/C24H25ClFN3O2S2/c1-14(17-11-15-6-7-16(17)10-15)29-23(12-31-20-5-3-2-4-18(20)26)27-28-24(29)32-13-19(30)21-8-9-22(25)33-21/h2-5,8-9,14-17H,6-7,10-13H2,1H3/t14-,15+,16+,17-/m0/s1. The Labute approximate surface area is 205 Å². The van der Waals surface area contributed by atoms with Crippen LogP contribution in [0.3, 0.4) is 0 Å². The summed E-state index contributed by atoms with van der Waals surface area (Å²) in [4.78, 5) is 13.3. The van der Waals surface area contributed by atoms with E-state index in [2.05, 4.69) is 21.7 Å². The van der Waals surface area contributed by atoms with Gasteiger partial charge in [-0.3, -0.25) is 9.36 Å². The van der Waals surface area contributed by atoms with E-state index in [1.54, 1.807) is 30.3 Å². The molecule has 3 aromatic rings. The molecule has 0 aliphatic heterocycles. The van der Waals surface area contributed by atoms with Crippen LogP contribution < -0.4 is 4.74 Å². The van der Waals surface area contributed by atoms with Crippen molar-refractivity contribution in [2.75, 3.05) is 5.75 Å². The molecule has 174 valence electrons. The Morgan fingerprint density at radius 1 is 1.27 bits per heavy atom. The number of aromatic nitrogens is 3. The topological polar surface area (TPSA) is 57.0 Å². The van der Waals surface area contributed by atoms with Crippen LogP contribution in [0.15, 0.2) is 41.6 Å². The number of ether oxygens (including phenoxy) is 1. The number of thioether (sulfide) groups is 1. The summed E-state index contributed by atoms with van der Waals surface area (Å²) < 4.78 is 22.5. The summed E-state index contributed by atoms with van der Waals surface area (Å²) in [5, 5.41) is 9.49. The van der Waals surface area contributed by atoms with Gasteiger partial charge in [-0.25, -0.2) is 4.39 Å². The molecule has 0 saturated heterocycles. The van der Waals surface area contributed by atoms with Gasteiger partial charge in [-0.15, -0.1) is 21.5 Å². The van der Waals surface area contributed by atoms with E-state index in [0.717, 1.165) is 11.8 Å². The van der Waals surface area contributed by atoms with Gasteiger partial charge in [0.25, 0.3) is 0 Å². The number of fused-ring (bicyclic) bond motifs is 2. The molecule has 33 heavy (non-hydrogen) atoms. The van der Waals surface area contributed by atoms with Crippen LogP contribution in [0.4, 0.5) is 4.39 Å². The smallest absolute Gasteiger partial charge is 0.192 e. The van der Waals surface area contributed by atoms with Crippen LogP contribution in [0, 0.1) is 23.6 Å². The van der Waals surface area contributed by atoms with Crippen LogP contribution >= 0.6 is 34.7 Å². The predicted molar refractivity (Wildman–Crippen MR) is 129 cm³/mol. The first-order valence-electron chi connectivity index (χ1n) is 11.2. The molecule has 2 bridgehead atoms. The first-order chi connectivity index (χ1) is 16.0. The molecule has 0 radical (unpaired) electrons. The number of halogens is 2. The average Bonchev–Trinajstić information content (AvgIpc) is 3.60. The minimum atomic E-state index is -0.403. The first-order valence-corrected chi connectivity index (χ1v) is 13.4. The number of nitrogens with zero attached hydrogens (tertiary/aromatic N) is 3. The van der Waals surface area contributed by atoms with Crippen LogP contribution in [0.25, 0.3) is 0 Å². The minimum absolute atomic E-state index is 0.0168.